The number of rotatable bonds is 5. The number of aryl methyl sites for hydroxylation is 1. The van der Waals surface area contributed by atoms with Gasteiger partial charge in [0.15, 0.2) is 0 Å². The molecule has 1 aliphatic heterocycles. The molecule has 1 amide bonds. The van der Waals surface area contributed by atoms with E-state index in [1.165, 1.54) is 12.0 Å². The zero-order chi connectivity index (χ0) is 28.1. The van der Waals surface area contributed by atoms with Crippen LogP contribution in [0.3, 0.4) is 0 Å². The number of hydrogen-bond acceptors (Lipinski definition) is 5. The molecule has 0 radical (unpaired) electrons. The number of Topliss-reactive ketones (excluding diaryl/α,β-unsaturated/α-hetero) is 1. The number of para-hydroxylation sites is 1. The van der Waals surface area contributed by atoms with Crippen molar-refractivity contribution in [2.75, 3.05) is 19.1 Å². The Morgan fingerprint density at radius 1 is 0.923 bits per heavy atom. The summed E-state index contributed by atoms with van der Waals surface area (Å²) < 4.78 is 12.8. The maximum absolute atomic E-state index is 13.8. The van der Waals surface area contributed by atoms with Crippen LogP contribution in [0, 0.1) is 0 Å². The lowest BCUT2D eigenvalue weighted by molar-refractivity contribution is -0.132. The van der Waals surface area contributed by atoms with Crippen molar-refractivity contribution in [2.24, 2.45) is 7.05 Å². The number of aliphatic hydroxyl groups is 1. The molecule has 1 aromatic heterocycles. The summed E-state index contributed by atoms with van der Waals surface area (Å²) in [6.45, 7) is 6.20. The Kier molecular flexibility index (Phi) is 6.46. The molecule has 1 N–H and O–H groups in total. The number of hydrogen-bond donors (Lipinski definition) is 1. The van der Waals surface area contributed by atoms with E-state index in [2.05, 4.69) is 20.8 Å². The maximum Gasteiger partial charge on any atom is 0.300 e. The molecule has 5 rings (SSSR count). The number of ketones is 1. The molecule has 1 saturated heterocycles. The summed E-state index contributed by atoms with van der Waals surface area (Å²) in [6.07, 6.45) is 1.91. The van der Waals surface area contributed by atoms with E-state index in [1.807, 2.05) is 54.2 Å². The quantitative estimate of drug-likeness (QED) is 0.193. The highest BCUT2D eigenvalue weighted by molar-refractivity contribution is 6.52. The van der Waals surface area contributed by atoms with E-state index in [-0.39, 0.29) is 16.7 Å². The summed E-state index contributed by atoms with van der Waals surface area (Å²) in [4.78, 5) is 28.9. The largest absolute Gasteiger partial charge is 0.507 e. The molecule has 0 saturated carbocycles. The number of aliphatic hydroxyl groups excluding tert-OH is 1. The summed E-state index contributed by atoms with van der Waals surface area (Å²) >= 11 is 0. The van der Waals surface area contributed by atoms with Gasteiger partial charge in [-0.3, -0.25) is 14.5 Å². The van der Waals surface area contributed by atoms with Gasteiger partial charge in [0.2, 0.25) is 0 Å². The first kappa shape index (κ1) is 26.1. The van der Waals surface area contributed by atoms with Gasteiger partial charge in [0.25, 0.3) is 11.7 Å². The molecule has 0 bridgehead atoms. The van der Waals surface area contributed by atoms with Crippen LogP contribution in [0.2, 0.25) is 0 Å². The average Bonchev–Trinajstić information content (AvgIpc) is 3.40. The van der Waals surface area contributed by atoms with Gasteiger partial charge in [-0.25, -0.2) is 0 Å². The number of benzene rings is 3. The molecule has 3 aromatic carbocycles. The van der Waals surface area contributed by atoms with E-state index in [4.69, 9.17) is 9.47 Å². The van der Waals surface area contributed by atoms with Crippen molar-refractivity contribution in [3.8, 4) is 11.5 Å². The van der Waals surface area contributed by atoms with Crippen LogP contribution in [0.15, 0.2) is 78.5 Å². The van der Waals surface area contributed by atoms with Crippen molar-refractivity contribution >= 4 is 34.0 Å². The van der Waals surface area contributed by atoms with Gasteiger partial charge in [0.1, 0.15) is 17.3 Å². The van der Waals surface area contributed by atoms with Crippen LogP contribution >= 0.6 is 0 Å². The number of methoxy groups -OCH3 is 2. The van der Waals surface area contributed by atoms with Gasteiger partial charge in [-0.2, -0.15) is 0 Å². The number of carbonyl (C=O) groups is 2. The third kappa shape index (κ3) is 4.34. The molecule has 1 fully saturated rings. The summed E-state index contributed by atoms with van der Waals surface area (Å²) in [5, 5.41) is 12.7. The van der Waals surface area contributed by atoms with E-state index in [9.17, 15) is 14.7 Å². The molecule has 1 unspecified atom stereocenters. The van der Waals surface area contributed by atoms with Gasteiger partial charge in [0.05, 0.1) is 31.4 Å². The fraction of sp³-hybridized carbons (Fsp3) is 0.250. The minimum absolute atomic E-state index is 0.0107. The molecular formula is C32H32N2O5. The Morgan fingerprint density at radius 3 is 2.26 bits per heavy atom. The molecule has 1 atom stereocenters. The minimum Gasteiger partial charge on any atom is -0.507 e. The smallest absolute Gasteiger partial charge is 0.300 e. The molecule has 200 valence electrons. The summed E-state index contributed by atoms with van der Waals surface area (Å²) in [7, 11) is 5.00. The lowest BCUT2D eigenvalue weighted by atomic mass is 9.85. The second-order valence-corrected chi connectivity index (χ2v) is 10.7. The van der Waals surface area contributed by atoms with Crippen molar-refractivity contribution in [2.45, 2.75) is 32.2 Å². The van der Waals surface area contributed by atoms with Gasteiger partial charge in [0, 0.05) is 35.4 Å². The molecule has 0 aliphatic carbocycles. The topological polar surface area (TPSA) is 81.0 Å². The Morgan fingerprint density at radius 2 is 1.62 bits per heavy atom. The third-order valence-corrected chi connectivity index (χ3v) is 7.34. The van der Waals surface area contributed by atoms with Gasteiger partial charge in [-0.15, -0.1) is 0 Å². The molecule has 2 heterocycles. The van der Waals surface area contributed by atoms with Gasteiger partial charge in [-0.1, -0.05) is 45.0 Å². The van der Waals surface area contributed by atoms with E-state index >= 15 is 0 Å². The highest BCUT2D eigenvalue weighted by Gasteiger charge is 2.48. The van der Waals surface area contributed by atoms with Crippen molar-refractivity contribution < 1.29 is 24.2 Å². The van der Waals surface area contributed by atoms with Gasteiger partial charge >= 0.3 is 0 Å². The van der Waals surface area contributed by atoms with E-state index in [1.54, 1.807) is 37.4 Å². The molecular weight excluding hydrogens is 492 g/mol. The molecule has 4 aromatic rings. The van der Waals surface area contributed by atoms with Crippen molar-refractivity contribution in [1.82, 2.24) is 4.57 Å². The summed E-state index contributed by atoms with van der Waals surface area (Å²) in [5.74, 6) is -0.714. The minimum atomic E-state index is -0.868. The lowest BCUT2D eigenvalue weighted by Crippen LogP contribution is -2.29. The van der Waals surface area contributed by atoms with Crippen molar-refractivity contribution in [3.63, 3.8) is 0 Å². The normalized spacial score (nSPS) is 17.2. The van der Waals surface area contributed by atoms with Gasteiger partial charge in [-0.05, 0) is 53.4 Å². The predicted octanol–water partition coefficient (Wildman–Crippen LogP) is 6.12. The SMILES string of the molecule is COc1ccc(N2C(=O)C(=O)/C(=C(/O)c3cc(C(C)(C)C)ccc3OC)C2c2cn(C)c3ccccc23)cc1. The van der Waals surface area contributed by atoms with Crippen LogP contribution in [0.25, 0.3) is 16.7 Å². The van der Waals surface area contributed by atoms with Gasteiger partial charge < -0.3 is 19.1 Å². The Balaban J connectivity index is 1.81. The Bertz CT molecular complexity index is 1620. The van der Waals surface area contributed by atoms with Crippen LogP contribution in [0.5, 0.6) is 11.5 Å². The first-order valence-electron chi connectivity index (χ1n) is 12.7. The fourth-order valence-corrected chi connectivity index (χ4v) is 5.23. The molecule has 39 heavy (non-hydrogen) atoms. The number of aromatic nitrogens is 1. The number of carbonyl (C=O) groups excluding carboxylic acids is 2. The first-order valence-corrected chi connectivity index (χ1v) is 12.7. The number of nitrogens with zero attached hydrogens (tertiary/aromatic N) is 2. The predicted molar refractivity (Wildman–Crippen MR) is 152 cm³/mol. The van der Waals surface area contributed by atoms with E-state index in [0.717, 1.165) is 22.0 Å². The fourth-order valence-electron chi connectivity index (χ4n) is 5.23. The molecule has 7 nitrogen and oxygen atoms in total. The average molecular weight is 525 g/mol. The number of ether oxygens (including phenoxy) is 2. The second-order valence-electron chi connectivity index (χ2n) is 10.7. The van der Waals surface area contributed by atoms with Crippen molar-refractivity contribution in [3.05, 3.63) is 95.2 Å². The third-order valence-electron chi connectivity index (χ3n) is 7.34. The number of amides is 1. The molecule has 1 aliphatic rings. The van der Waals surface area contributed by atoms with E-state index in [0.29, 0.717) is 22.7 Å². The van der Waals surface area contributed by atoms with Crippen LogP contribution in [0.1, 0.15) is 43.5 Å². The molecule has 7 heteroatoms. The van der Waals surface area contributed by atoms with Crippen LogP contribution in [-0.4, -0.2) is 35.6 Å². The number of anilines is 1. The highest BCUT2D eigenvalue weighted by Crippen LogP contribution is 2.46. The Labute approximate surface area is 227 Å². The highest BCUT2D eigenvalue weighted by atomic mass is 16.5. The van der Waals surface area contributed by atoms with Crippen LogP contribution < -0.4 is 14.4 Å². The monoisotopic (exact) mass is 524 g/mol. The summed E-state index contributed by atoms with van der Waals surface area (Å²) in [6, 6.07) is 19.4. The first-order chi connectivity index (χ1) is 18.6. The van der Waals surface area contributed by atoms with Crippen LogP contribution in [0.4, 0.5) is 5.69 Å². The second kappa shape index (κ2) is 9.66. The van der Waals surface area contributed by atoms with Crippen LogP contribution in [-0.2, 0) is 22.1 Å². The standard InChI is InChI=1S/C32H32N2O5/c1-32(2,3)19-11-16-26(39-6)23(17-19)29(35)27-28(24-18-33(4)25-10-8-7-9-22(24)25)34(31(37)30(27)36)20-12-14-21(38-5)15-13-20/h7-18,28,35H,1-6H3/b29-27+. The zero-order valence-electron chi connectivity index (χ0n) is 23.0. The number of fused-ring (bicyclic) bond motifs is 1. The molecule has 0 spiro atoms. The lowest BCUT2D eigenvalue weighted by Gasteiger charge is -2.25. The maximum atomic E-state index is 13.8. The van der Waals surface area contributed by atoms with E-state index < -0.39 is 17.7 Å². The Hall–Kier alpha value is -4.52. The summed E-state index contributed by atoms with van der Waals surface area (Å²) in [5.41, 5.74) is 3.31. The van der Waals surface area contributed by atoms with Crippen molar-refractivity contribution in [1.29, 1.82) is 0 Å². The zero-order valence-corrected chi connectivity index (χ0v) is 23.0.